The second-order valence-corrected chi connectivity index (χ2v) is 9.62. The Bertz CT molecular complexity index is 1200. The van der Waals surface area contributed by atoms with Crippen molar-refractivity contribution >= 4 is 40.7 Å². The van der Waals surface area contributed by atoms with Gasteiger partial charge >= 0.3 is 0 Å². The van der Waals surface area contributed by atoms with Crippen molar-refractivity contribution in [2.45, 2.75) is 38.3 Å². The minimum Gasteiger partial charge on any atom is -0.310 e. The number of carbonyl (C=O) groups is 3. The van der Waals surface area contributed by atoms with Crippen molar-refractivity contribution in [2.24, 2.45) is 11.8 Å². The fourth-order valence-corrected chi connectivity index (χ4v) is 6.88. The van der Waals surface area contributed by atoms with E-state index in [4.69, 9.17) is 11.6 Å². The van der Waals surface area contributed by atoms with Crippen LogP contribution in [0.25, 0.3) is 0 Å². The number of nitrogens with zero attached hydrogens (tertiary/aromatic N) is 3. The molecule has 0 saturated carbocycles. The van der Waals surface area contributed by atoms with Crippen molar-refractivity contribution in [3.63, 3.8) is 0 Å². The first kappa shape index (κ1) is 19.9. The van der Waals surface area contributed by atoms with Crippen LogP contribution in [0.1, 0.15) is 30.9 Å². The van der Waals surface area contributed by atoms with E-state index in [0.29, 0.717) is 23.8 Å². The lowest BCUT2D eigenvalue weighted by molar-refractivity contribution is -0.137. The number of likely N-dealkylation sites (N-methyl/N-ethyl adjacent to an activating group) is 1. The van der Waals surface area contributed by atoms with Gasteiger partial charge in [0.05, 0.1) is 17.5 Å². The highest BCUT2D eigenvalue weighted by atomic mass is 35.5. The maximum Gasteiger partial charge on any atom is 0.253 e. The number of benzene rings is 2. The van der Waals surface area contributed by atoms with Gasteiger partial charge in [0.1, 0.15) is 5.54 Å². The summed E-state index contributed by atoms with van der Waals surface area (Å²) < 4.78 is 0. The minimum atomic E-state index is -1.12. The molecule has 4 aliphatic heterocycles. The van der Waals surface area contributed by atoms with E-state index in [0.717, 1.165) is 29.7 Å². The summed E-state index contributed by atoms with van der Waals surface area (Å²) in [6.45, 7) is 5.05. The molecule has 0 aromatic heterocycles. The fraction of sp³-hybridized carbons (Fsp3) is 0.400. The van der Waals surface area contributed by atoms with Crippen LogP contribution < -0.4 is 9.80 Å². The predicted molar refractivity (Wildman–Crippen MR) is 122 cm³/mol. The summed E-state index contributed by atoms with van der Waals surface area (Å²) in [5.41, 5.74) is 1.92. The molecule has 3 saturated heterocycles. The van der Waals surface area contributed by atoms with Crippen molar-refractivity contribution in [3.8, 4) is 0 Å². The number of imide groups is 1. The van der Waals surface area contributed by atoms with Crippen LogP contribution in [0.5, 0.6) is 0 Å². The molecule has 32 heavy (non-hydrogen) atoms. The zero-order valence-corrected chi connectivity index (χ0v) is 18.8. The summed E-state index contributed by atoms with van der Waals surface area (Å²) >= 11 is 6.23. The molecule has 1 spiro atoms. The van der Waals surface area contributed by atoms with Crippen LogP contribution in [-0.2, 0) is 19.9 Å². The summed E-state index contributed by atoms with van der Waals surface area (Å²) in [5, 5.41) is 0.472. The third-order valence-corrected chi connectivity index (χ3v) is 8.11. The molecule has 2 aromatic carbocycles. The van der Waals surface area contributed by atoms with Gasteiger partial charge in [0.25, 0.3) is 5.91 Å². The Morgan fingerprint density at radius 1 is 1.06 bits per heavy atom. The third-order valence-electron chi connectivity index (χ3n) is 7.87. The van der Waals surface area contributed by atoms with Crippen molar-refractivity contribution in [1.82, 2.24) is 4.90 Å². The van der Waals surface area contributed by atoms with Crippen molar-refractivity contribution in [3.05, 3.63) is 58.6 Å². The first-order chi connectivity index (χ1) is 15.4. The van der Waals surface area contributed by atoms with Gasteiger partial charge < -0.3 is 4.90 Å². The Kier molecular flexibility index (Phi) is 4.15. The molecule has 6 rings (SSSR count). The molecule has 3 fully saturated rings. The van der Waals surface area contributed by atoms with E-state index in [-0.39, 0.29) is 23.8 Å². The van der Waals surface area contributed by atoms with Gasteiger partial charge in [-0.2, -0.15) is 0 Å². The van der Waals surface area contributed by atoms with Crippen LogP contribution >= 0.6 is 11.6 Å². The zero-order chi connectivity index (χ0) is 22.4. The first-order valence-electron chi connectivity index (χ1n) is 11.2. The lowest BCUT2D eigenvalue weighted by Gasteiger charge is -2.37. The molecule has 0 bridgehead atoms. The molecular formula is C25H24ClN3O3. The maximum absolute atomic E-state index is 14.1. The SMILES string of the molecule is CCN1C(=O)[C@]2(c3ccccc31)[C@H]1C(=O)N(c3cc(Cl)ccc3C)C(=O)[C@@H]1[C@H]1CCCN12. The smallest absolute Gasteiger partial charge is 0.253 e. The molecule has 0 radical (unpaired) electrons. The van der Waals surface area contributed by atoms with Crippen LogP contribution in [0.4, 0.5) is 11.4 Å². The second kappa shape index (κ2) is 6.65. The second-order valence-electron chi connectivity index (χ2n) is 9.18. The van der Waals surface area contributed by atoms with Gasteiger partial charge in [-0.3, -0.25) is 19.3 Å². The van der Waals surface area contributed by atoms with E-state index in [1.807, 2.05) is 44.2 Å². The number of hydrogen-bond acceptors (Lipinski definition) is 4. The van der Waals surface area contributed by atoms with Crippen LogP contribution in [0.15, 0.2) is 42.5 Å². The van der Waals surface area contributed by atoms with Crippen LogP contribution in [0.2, 0.25) is 5.02 Å². The number of anilines is 2. The average molecular weight is 450 g/mol. The van der Waals surface area contributed by atoms with Gasteiger partial charge in [-0.05, 0) is 57.0 Å². The molecule has 4 aliphatic rings. The Labute approximate surface area is 191 Å². The molecule has 6 nitrogen and oxygen atoms in total. The molecule has 4 heterocycles. The minimum absolute atomic E-state index is 0.0774. The topological polar surface area (TPSA) is 60.9 Å². The number of carbonyl (C=O) groups excluding carboxylic acids is 3. The number of hydrogen-bond donors (Lipinski definition) is 0. The number of halogens is 1. The Morgan fingerprint density at radius 2 is 1.84 bits per heavy atom. The van der Waals surface area contributed by atoms with Crippen molar-refractivity contribution in [2.75, 3.05) is 22.9 Å². The van der Waals surface area contributed by atoms with E-state index in [9.17, 15) is 14.4 Å². The number of amides is 3. The normalized spacial score (nSPS) is 31.1. The number of rotatable bonds is 2. The lowest BCUT2D eigenvalue weighted by Crippen LogP contribution is -2.56. The van der Waals surface area contributed by atoms with E-state index in [1.165, 1.54) is 4.90 Å². The molecule has 0 unspecified atom stereocenters. The Morgan fingerprint density at radius 3 is 2.62 bits per heavy atom. The summed E-state index contributed by atoms with van der Waals surface area (Å²) in [5.74, 6) is -1.84. The van der Waals surface area contributed by atoms with Gasteiger partial charge in [-0.15, -0.1) is 0 Å². The van der Waals surface area contributed by atoms with E-state index >= 15 is 0 Å². The first-order valence-corrected chi connectivity index (χ1v) is 11.6. The van der Waals surface area contributed by atoms with Crippen LogP contribution in [0.3, 0.4) is 0 Å². The molecule has 0 aliphatic carbocycles. The highest BCUT2D eigenvalue weighted by Crippen LogP contribution is 2.61. The van der Waals surface area contributed by atoms with Crippen molar-refractivity contribution < 1.29 is 14.4 Å². The molecule has 4 atom stereocenters. The number of aryl methyl sites for hydroxylation is 1. The molecule has 3 amide bonds. The largest absolute Gasteiger partial charge is 0.310 e. The Hall–Kier alpha value is -2.70. The third kappa shape index (κ3) is 2.17. The monoisotopic (exact) mass is 449 g/mol. The van der Waals surface area contributed by atoms with E-state index < -0.39 is 17.4 Å². The molecule has 7 heteroatoms. The van der Waals surface area contributed by atoms with Gasteiger partial charge in [0, 0.05) is 28.9 Å². The van der Waals surface area contributed by atoms with Gasteiger partial charge in [-0.25, -0.2) is 4.90 Å². The van der Waals surface area contributed by atoms with E-state index in [1.54, 1.807) is 17.0 Å². The standard InChI is InChI=1S/C25H24ClN3O3/c1-3-27-17-8-5-4-7-16(17)25(24(27)32)21-20(18-9-6-12-28(18)25)22(30)29(23(21)31)19-13-15(26)11-10-14(19)2/h4-5,7-8,10-11,13,18,20-21H,3,6,9,12H2,1-2H3/t18-,20-,21-,25+/m1/s1. The summed E-state index contributed by atoms with van der Waals surface area (Å²) in [6, 6.07) is 12.9. The summed E-state index contributed by atoms with van der Waals surface area (Å²) in [4.78, 5) is 47.3. The summed E-state index contributed by atoms with van der Waals surface area (Å²) in [7, 11) is 0. The fourth-order valence-electron chi connectivity index (χ4n) is 6.72. The quantitative estimate of drug-likeness (QED) is 0.658. The number of fused-ring (bicyclic) bond motifs is 7. The van der Waals surface area contributed by atoms with Gasteiger partial charge in [0.15, 0.2) is 0 Å². The predicted octanol–water partition coefficient (Wildman–Crippen LogP) is 3.49. The van der Waals surface area contributed by atoms with Crippen LogP contribution in [0, 0.1) is 18.8 Å². The molecular weight excluding hydrogens is 426 g/mol. The lowest BCUT2D eigenvalue weighted by atomic mass is 9.75. The molecule has 164 valence electrons. The highest BCUT2D eigenvalue weighted by Gasteiger charge is 2.75. The van der Waals surface area contributed by atoms with E-state index in [2.05, 4.69) is 4.90 Å². The molecule has 0 N–H and O–H groups in total. The summed E-state index contributed by atoms with van der Waals surface area (Å²) in [6.07, 6.45) is 1.72. The highest BCUT2D eigenvalue weighted by molar-refractivity contribution is 6.32. The van der Waals surface area contributed by atoms with Crippen LogP contribution in [-0.4, -0.2) is 41.8 Å². The Balaban J connectivity index is 1.58. The van der Waals surface area contributed by atoms with Gasteiger partial charge in [-0.1, -0.05) is 35.9 Å². The zero-order valence-electron chi connectivity index (χ0n) is 18.0. The van der Waals surface area contributed by atoms with Crippen molar-refractivity contribution in [1.29, 1.82) is 0 Å². The molecule has 2 aromatic rings. The average Bonchev–Trinajstić information content (AvgIpc) is 3.48. The van der Waals surface area contributed by atoms with Gasteiger partial charge in [0.2, 0.25) is 11.8 Å². The number of para-hydroxylation sites is 1. The maximum atomic E-state index is 14.1.